The lowest BCUT2D eigenvalue weighted by Crippen LogP contribution is -2.42. The van der Waals surface area contributed by atoms with Crippen LogP contribution < -0.4 is 21.1 Å². The van der Waals surface area contributed by atoms with Crippen LogP contribution in [0, 0.1) is 0 Å². The van der Waals surface area contributed by atoms with Gasteiger partial charge in [0, 0.05) is 24.4 Å². The van der Waals surface area contributed by atoms with E-state index in [4.69, 9.17) is 10.5 Å². The van der Waals surface area contributed by atoms with E-state index in [2.05, 4.69) is 15.6 Å². The van der Waals surface area contributed by atoms with Gasteiger partial charge in [-0.1, -0.05) is 18.2 Å². The lowest BCUT2D eigenvalue weighted by atomic mass is 10.0. The lowest BCUT2D eigenvalue weighted by Gasteiger charge is -2.27. The van der Waals surface area contributed by atoms with Gasteiger partial charge in [-0.15, -0.1) is 0 Å². The van der Waals surface area contributed by atoms with Crippen molar-refractivity contribution in [2.24, 2.45) is 10.7 Å². The third-order valence-electron chi connectivity index (χ3n) is 4.08. The van der Waals surface area contributed by atoms with Crippen molar-refractivity contribution in [2.75, 3.05) is 13.2 Å². The number of guanidine groups is 1. The predicted molar refractivity (Wildman–Crippen MR) is 84.7 cm³/mol. The molecule has 0 aromatic heterocycles. The van der Waals surface area contributed by atoms with Crippen molar-refractivity contribution < 1.29 is 9.53 Å². The molecule has 0 saturated carbocycles. The average molecular weight is 302 g/mol. The lowest BCUT2D eigenvalue weighted by molar-refractivity contribution is -0.123. The Kier molecular flexibility index (Phi) is 4.46. The number of hydrogen-bond acceptors (Lipinski definition) is 3. The van der Waals surface area contributed by atoms with Gasteiger partial charge in [0.15, 0.2) is 5.96 Å². The van der Waals surface area contributed by atoms with Crippen molar-refractivity contribution in [3.05, 3.63) is 29.8 Å². The first-order chi connectivity index (χ1) is 10.7. The van der Waals surface area contributed by atoms with E-state index in [-0.39, 0.29) is 18.0 Å². The van der Waals surface area contributed by atoms with Gasteiger partial charge in [0.25, 0.3) is 0 Å². The number of fused-ring (bicyclic) bond motifs is 1. The molecule has 1 aromatic rings. The maximum absolute atomic E-state index is 11.4. The number of hydrogen-bond donors (Lipinski definition) is 3. The number of rotatable bonds is 3. The highest BCUT2D eigenvalue weighted by atomic mass is 16.5. The second-order valence-electron chi connectivity index (χ2n) is 5.75. The Labute approximate surface area is 130 Å². The van der Waals surface area contributed by atoms with Crippen molar-refractivity contribution in [3.63, 3.8) is 0 Å². The summed E-state index contributed by atoms with van der Waals surface area (Å²) in [7, 11) is 0. The smallest absolute Gasteiger partial charge is 0.220 e. The molecule has 118 valence electrons. The Hall–Kier alpha value is -2.24. The van der Waals surface area contributed by atoms with E-state index in [0.29, 0.717) is 25.5 Å². The monoisotopic (exact) mass is 302 g/mol. The van der Waals surface area contributed by atoms with Crippen LogP contribution in [0.5, 0.6) is 5.75 Å². The van der Waals surface area contributed by atoms with Crippen LogP contribution in [0.3, 0.4) is 0 Å². The summed E-state index contributed by atoms with van der Waals surface area (Å²) < 4.78 is 5.63. The zero-order valence-corrected chi connectivity index (χ0v) is 12.5. The number of piperidine rings is 1. The molecular formula is C16H22N4O2. The van der Waals surface area contributed by atoms with E-state index in [1.165, 1.54) is 0 Å². The van der Waals surface area contributed by atoms with Crippen molar-refractivity contribution in [3.8, 4) is 5.75 Å². The first-order valence-corrected chi connectivity index (χ1v) is 7.80. The minimum atomic E-state index is 0.101. The van der Waals surface area contributed by atoms with Crippen LogP contribution >= 0.6 is 0 Å². The molecule has 0 radical (unpaired) electrons. The highest BCUT2D eigenvalue weighted by molar-refractivity contribution is 5.79. The van der Waals surface area contributed by atoms with Crippen LogP contribution in [-0.4, -0.2) is 31.1 Å². The first kappa shape index (κ1) is 14.7. The molecule has 0 bridgehead atoms. The number of benzene rings is 1. The van der Waals surface area contributed by atoms with Gasteiger partial charge < -0.3 is 21.1 Å². The molecule has 3 rings (SSSR count). The van der Waals surface area contributed by atoms with E-state index < -0.39 is 0 Å². The number of amides is 1. The molecule has 6 heteroatoms. The number of aliphatic imine (C=N–C) groups is 1. The summed E-state index contributed by atoms with van der Waals surface area (Å²) in [6, 6.07) is 8.19. The molecule has 1 saturated heterocycles. The molecule has 1 fully saturated rings. The minimum Gasteiger partial charge on any atom is -0.493 e. The molecule has 2 aliphatic heterocycles. The van der Waals surface area contributed by atoms with Gasteiger partial charge in [-0.05, 0) is 18.9 Å². The Morgan fingerprint density at radius 1 is 1.41 bits per heavy atom. The van der Waals surface area contributed by atoms with Crippen LogP contribution in [0.1, 0.15) is 37.3 Å². The van der Waals surface area contributed by atoms with Crippen molar-refractivity contribution in [2.45, 2.75) is 37.8 Å². The number of nitrogens with two attached hydrogens (primary N) is 1. The topological polar surface area (TPSA) is 88.7 Å². The van der Waals surface area contributed by atoms with Gasteiger partial charge in [-0.2, -0.15) is 0 Å². The standard InChI is InChI=1S/C16H22N4O2/c17-16(18-10-11-4-3-7-15(21)19-11)20-13-8-9-22-14-6-2-1-5-12(13)14/h1-2,5-6,11,13H,3-4,7-10H2,(H,19,21)(H3,17,18,20). The second kappa shape index (κ2) is 6.68. The quantitative estimate of drug-likeness (QED) is 0.576. The number of carbonyl (C=O) groups is 1. The van der Waals surface area contributed by atoms with Crippen LogP contribution in [0.25, 0.3) is 0 Å². The number of para-hydroxylation sites is 1. The third-order valence-corrected chi connectivity index (χ3v) is 4.08. The van der Waals surface area contributed by atoms with Crippen LogP contribution in [0.4, 0.5) is 0 Å². The first-order valence-electron chi connectivity index (χ1n) is 7.80. The maximum Gasteiger partial charge on any atom is 0.220 e. The van der Waals surface area contributed by atoms with Gasteiger partial charge in [0.2, 0.25) is 5.91 Å². The van der Waals surface area contributed by atoms with Gasteiger partial charge in [-0.25, -0.2) is 0 Å². The largest absolute Gasteiger partial charge is 0.493 e. The summed E-state index contributed by atoms with van der Waals surface area (Å²) in [5.74, 6) is 1.43. The predicted octanol–water partition coefficient (Wildman–Crippen LogP) is 1.08. The molecule has 2 aliphatic rings. The fourth-order valence-corrected chi connectivity index (χ4v) is 2.94. The van der Waals surface area contributed by atoms with Crippen molar-refractivity contribution in [1.29, 1.82) is 0 Å². The fourth-order valence-electron chi connectivity index (χ4n) is 2.94. The summed E-state index contributed by atoms with van der Waals surface area (Å²) in [6.45, 7) is 1.19. The molecule has 6 nitrogen and oxygen atoms in total. The SMILES string of the molecule is NC(=NCC1CCCC(=O)N1)NC1CCOc2ccccc21. The highest BCUT2D eigenvalue weighted by Gasteiger charge is 2.22. The number of ether oxygens (including phenoxy) is 1. The summed E-state index contributed by atoms with van der Waals surface area (Å²) >= 11 is 0. The summed E-state index contributed by atoms with van der Waals surface area (Å²) in [6.07, 6.45) is 3.36. The van der Waals surface area contributed by atoms with Gasteiger partial charge in [0.1, 0.15) is 5.75 Å². The Morgan fingerprint density at radius 3 is 3.14 bits per heavy atom. The van der Waals surface area contributed by atoms with E-state index in [9.17, 15) is 4.79 Å². The molecule has 2 unspecified atom stereocenters. The molecule has 2 heterocycles. The molecule has 22 heavy (non-hydrogen) atoms. The van der Waals surface area contributed by atoms with Crippen molar-refractivity contribution >= 4 is 11.9 Å². The fraction of sp³-hybridized carbons (Fsp3) is 0.500. The number of carbonyl (C=O) groups excluding carboxylic acids is 1. The zero-order valence-electron chi connectivity index (χ0n) is 12.5. The van der Waals surface area contributed by atoms with E-state index >= 15 is 0 Å². The molecular weight excluding hydrogens is 280 g/mol. The summed E-state index contributed by atoms with van der Waals surface area (Å²) in [4.78, 5) is 15.7. The van der Waals surface area contributed by atoms with Crippen molar-refractivity contribution in [1.82, 2.24) is 10.6 Å². The number of nitrogens with one attached hydrogen (secondary N) is 2. The Bertz CT molecular complexity index is 573. The molecule has 0 aliphatic carbocycles. The van der Waals surface area contributed by atoms with Crippen LogP contribution in [0.2, 0.25) is 0 Å². The Balaban J connectivity index is 1.59. The third kappa shape index (κ3) is 3.50. The van der Waals surface area contributed by atoms with E-state index in [1.807, 2.05) is 24.3 Å². The van der Waals surface area contributed by atoms with Gasteiger partial charge in [0.05, 0.1) is 19.2 Å². The Morgan fingerprint density at radius 2 is 2.27 bits per heavy atom. The molecule has 2 atom stereocenters. The summed E-state index contributed by atoms with van der Waals surface area (Å²) in [5, 5.41) is 6.20. The molecule has 0 spiro atoms. The van der Waals surface area contributed by atoms with Crippen LogP contribution in [-0.2, 0) is 4.79 Å². The maximum atomic E-state index is 11.4. The average Bonchev–Trinajstić information content (AvgIpc) is 2.53. The molecule has 1 amide bonds. The molecule has 1 aromatic carbocycles. The van der Waals surface area contributed by atoms with Gasteiger partial charge in [-0.3, -0.25) is 9.79 Å². The highest BCUT2D eigenvalue weighted by Crippen LogP contribution is 2.31. The van der Waals surface area contributed by atoms with Crippen LogP contribution in [0.15, 0.2) is 29.3 Å². The van der Waals surface area contributed by atoms with Gasteiger partial charge >= 0.3 is 0 Å². The van der Waals surface area contributed by atoms with E-state index in [0.717, 1.165) is 30.6 Å². The number of nitrogens with zero attached hydrogens (tertiary/aromatic N) is 1. The normalized spacial score (nSPS) is 24.9. The summed E-state index contributed by atoms with van der Waals surface area (Å²) in [5.41, 5.74) is 7.11. The second-order valence-corrected chi connectivity index (χ2v) is 5.75. The zero-order chi connectivity index (χ0) is 15.4. The molecule has 4 N–H and O–H groups in total. The van der Waals surface area contributed by atoms with E-state index in [1.54, 1.807) is 0 Å². The minimum absolute atomic E-state index is 0.101.